The molecule has 1 saturated carbocycles. The Kier molecular flexibility index (Phi) is 3.04. The van der Waals surface area contributed by atoms with Crippen molar-refractivity contribution in [3.63, 3.8) is 0 Å². The fourth-order valence-electron chi connectivity index (χ4n) is 2.12. The van der Waals surface area contributed by atoms with Gasteiger partial charge in [0.1, 0.15) is 11.5 Å². The van der Waals surface area contributed by atoms with Crippen LogP contribution in [0.1, 0.15) is 43.7 Å². The molecule has 1 aliphatic carbocycles. The average molecular weight is 236 g/mol. The van der Waals surface area contributed by atoms with Crippen molar-refractivity contribution in [1.82, 2.24) is 0 Å². The Morgan fingerprint density at radius 3 is 2.12 bits per heavy atom. The van der Waals surface area contributed by atoms with Crippen LogP contribution in [0.3, 0.4) is 0 Å². The Morgan fingerprint density at radius 1 is 1.12 bits per heavy atom. The summed E-state index contributed by atoms with van der Waals surface area (Å²) in [7, 11) is 3.30. The largest absolute Gasteiger partial charge is 0.496 e. The van der Waals surface area contributed by atoms with Crippen LogP contribution < -0.4 is 9.47 Å². The molecule has 2 rings (SSSR count). The van der Waals surface area contributed by atoms with Crippen LogP contribution in [0, 0.1) is 0 Å². The Balaban J connectivity index is 2.53. The number of ether oxygens (including phenoxy) is 2. The summed E-state index contributed by atoms with van der Waals surface area (Å²) in [5.74, 6) is 1.95. The molecule has 1 fully saturated rings. The number of benzene rings is 1. The van der Waals surface area contributed by atoms with Crippen LogP contribution in [0.5, 0.6) is 11.5 Å². The molecule has 0 radical (unpaired) electrons. The first-order valence-electron chi connectivity index (χ1n) is 6.00. The highest BCUT2D eigenvalue weighted by atomic mass is 16.5. The van der Waals surface area contributed by atoms with E-state index in [1.165, 1.54) is 0 Å². The van der Waals surface area contributed by atoms with Crippen molar-refractivity contribution < 1.29 is 14.6 Å². The molecular weight excluding hydrogens is 216 g/mol. The van der Waals surface area contributed by atoms with Gasteiger partial charge in [-0.15, -0.1) is 0 Å². The second-order valence-electron chi connectivity index (χ2n) is 4.98. The minimum absolute atomic E-state index is 0.363. The maximum Gasteiger partial charge on any atom is 0.125 e. The minimum Gasteiger partial charge on any atom is -0.496 e. The van der Waals surface area contributed by atoms with Gasteiger partial charge in [-0.25, -0.2) is 0 Å². The molecule has 0 atom stereocenters. The summed E-state index contributed by atoms with van der Waals surface area (Å²) in [6, 6.07) is 3.90. The Hall–Kier alpha value is -1.22. The Bertz CT molecular complexity index is 420. The maximum atomic E-state index is 10.2. The van der Waals surface area contributed by atoms with Gasteiger partial charge in [0, 0.05) is 11.1 Å². The molecular formula is C14H20O3. The molecule has 0 spiro atoms. The minimum atomic E-state index is -0.700. The van der Waals surface area contributed by atoms with E-state index in [0.29, 0.717) is 5.92 Å². The van der Waals surface area contributed by atoms with Crippen LogP contribution in [0.25, 0.3) is 0 Å². The van der Waals surface area contributed by atoms with E-state index in [4.69, 9.17) is 9.47 Å². The molecule has 0 amide bonds. The van der Waals surface area contributed by atoms with Crippen LogP contribution >= 0.6 is 0 Å². The molecule has 0 heterocycles. The van der Waals surface area contributed by atoms with Gasteiger partial charge in [0.2, 0.25) is 0 Å². The molecule has 3 heteroatoms. The third kappa shape index (κ3) is 2.12. The van der Waals surface area contributed by atoms with Gasteiger partial charge >= 0.3 is 0 Å². The SMILES string of the molecule is COc1cc(C2(O)CC2)c(OC)cc1C(C)C. The number of methoxy groups -OCH3 is 2. The molecule has 1 aromatic carbocycles. The standard InChI is InChI=1S/C14H20O3/c1-9(2)10-7-13(17-4)11(8-12(10)16-3)14(15)5-6-14/h7-9,15H,5-6H2,1-4H3. The molecule has 1 N–H and O–H groups in total. The van der Waals surface area contributed by atoms with Crippen molar-refractivity contribution in [2.45, 2.75) is 38.2 Å². The third-order valence-electron chi connectivity index (χ3n) is 3.40. The molecule has 0 aromatic heterocycles. The van der Waals surface area contributed by atoms with E-state index in [-0.39, 0.29) is 0 Å². The summed E-state index contributed by atoms with van der Waals surface area (Å²) >= 11 is 0. The molecule has 1 aromatic rings. The highest BCUT2D eigenvalue weighted by Crippen LogP contribution is 2.50. The summed E-state index contributed by atoms with van der Waals surface area (Å²) in [6.07, 6.45) is 1.60. The summed E-state index contributed by atoms with van der Waals surface area (Å²) < 4.78 is 10.8. The smallest absolute Gasteiger partial charge is 0.125 e. The second-order valence-corrected chi connectivity index (χ2v) is 4.98. The third-order valence-corrected chi connectivity index (χ3v) is 3.40. The maximum absolute atomic E-state index is 10.2. The number of rotatable bonds is 4. The van der Waals surface area contributed by atoms with Crippen LogP contribution in [-0.2, 0) is 5.60 Å². The first-order valence-corrected chi connectivity index (χ1v) is 6.00. The lowest BCUT2D eigenvalue weighted by molar-refractivity contribution is 0.147. The Morgan fingerprint density at radius 2 is 1.71 bits per heavy atom. The van der Waals surface area contributed by atoms with E-state index >= 15 is 0 Å². The highest BCUT2D eigenvalue weighted by molar-refractivity contribution is 5.51. The number of aliphatic hydroxyl groups is 1. The number of hydrogen-bond acceptors (Lipinski definition) is 3. The molecule has 17 heavy (non-hydrogen) atoms. The first-order chi connectivity index (χ1) is 8.01. The van der Waals surface area contributed by atoms with Crippen LogP contribution in [0.15, 0.2) is 12.1 Å². The quantitative estimate of drug-likeness (QED) is 0.873. The topological polar surface area (TPSA) is 38.7 Å². The normalized spacial score (nSPS) is 17.1. The predicted octanol–water partition coefficient (Wildman–Crippen LogP) is 2.81. The zero-order chi connectivity index (χ0) is 12.6. The highest BCUT2D eigenvalue weighted by Gasteiger charge is 2.44. The monoisotopic (exact) mass is 236 g/mol. The van der Waals surface area contributed by atoms with Crippen molar-refractivity contribution in [2.24, 2.45) is 0 Å². The molecule has 0 saturated heterocycles. The molecule has 1 aliphatic rings. The van der Waals surface area contributed by atoms with Gasteiger partial charge in [0.05, 0.1) is 19.8 Å². The number of hydrogen-bond donors (Lipinski definition) is 1. The lowest BCUT2D eigenvalue weighted by Gasteiger charge is -2.19. The first kappa shape index (κ1) is 12.2. The molecule has 0 aliphatic heterocycles. The van der Waals surface area contributed by atoms with Crippen molar-refractivity contribution in [3.8, 4) is 11.5 Å². The van der Waals surface area contributed by atoms with Gasteiger partial charge in [-0.2, -0.15) is 0 Å². The van der Waals surface area contributed by atoms with Gasteiger partial charge in [0.15, 0.2) is 0 Å². The van der Waals surface area contributed by atoms with Gasteiger partial charge in [0.25, 0.3) is 0 Å². The fourth-order valence-corrected chi connectivity index (χ4v) is 2.12. The van der Waals surface area contributed by atoms with Gasteiger partial charge in [-0.3, -0.25) is 0 Å². The summed E-state index contributed by atoms with van der Waals surface area (Å²) in [5, 5.41) is 10.2. The fraction of sp³-hybridized carbons (Fsp3) is 0.571. The van der Waals surface area contributed by atoms with Crippen molar-refractivity contribution in [1.29, 1.82) is 0 Å². The van der Waals surface area contributed by atoms with Crippen molar-refractivity contribution >= 4 is 0 Å². The van der Waals surface area contributed by atoms with Gasteiger partial charge < -0.3 is 14.6 Å². The second kappa shape index (κ2) is 4.22. The van der Waals surface area contributed by atoms with E-state index in [1.54, 1.807) is 14.2 Å². The van der Waals surface area contributed by atoms with E-state index in [2.05, 4.69) is 13.8 Å². The van der Waals surface area contributed by atoms with E-state index < -0.39 is 5.60 Å². The van der Waals surface area contributed by atoms with Crippen molar-refractivity contribution in [2.75, 3.05) is 14.2 Å². The van der Waals surface area contributed by atoms with Crippen LogP contribution in [-0.4, -0.2) is 19.3 Å². The zero-order valence-electron chi connectivity index (χ0n) is 10.9. The molecule has 0 bridgehead atoms. The molecule has 0 unspecified atom stereocenters. The molecule has 3 nitrogen and oxygen atoms in total. The van der Waals surface area contributed by atoms with Gasteiger partial charge in [-0.05, 0) is 30.9 Å². The van der Waals surface area contributed by atoms with Crippen LogP contribution in [0.2, 0.25) is 0 Å². The lowest BCUT2D eigenvalue weighted by atomic mass is 9.96. The zero-order valence-corrected chi connectivity index (χ0v) is 10.9. The summed E-state index contributed by atoms with van der Waals surface area (Å²) in [4.78, 5) is 0. The molecule has 94 valence electrons. The van der Waals surface area contributed by atoms with Gasteiger partial charge in [-0.1, -0.05) is 13.8 Å². The predicted molar refractivity (Wildman–Crippen MR) is 66.8 cm³/mol. The lowest BCUT2D eigenvalue weighted by Crippen LogP contribution is -2.08. The van der Waals surface area contributed by atoms with E-state index in [0.717, 1.165) is 35.5 Å². The van der Waals surface area contributed by atoms with Crippen molar-refractivity contribution in [3.05, 3.63) is 23.3 Å². The van der Waals surface area contributed by atoms with E-state index in [1.807, 2.05) is 12.1 Å². The van der Waals surface area contributed by atoms with E-state index in [9.17, 15) is 5.11 Å². The summed E-state index contributed by atoms with van der Waals surface area (Å²) in [5.41, 5.74) is 1.26. The van der Waals surface area contributed by atoms with Crippen LogP contribution in [0.4, 0.5) is 0 Å². The Labute approximate surface area is 102 Å². The average Bonchev–Trinajstić information content (AvgIpc) is 3.06. The summed E-state index contributed by atoms with van der Waals surface area (Å²) in [6.45, 7) is 4.23.